The average Bonchev–Trinajstić information content (AvgIpc) is 3.61. The Hall–Kier alpha value is -4.12. The van der Waals surface area contributed by atoms with Gasteiger partial charge in [-0.2, -0.15) is 5.26 Å². The molecule has 0 unspecified atom stereocenters. The second kappa shape index (κ2) is 13.5. The SMILES string of the molecule is C=N/C(=C\n1c(C)nc(CC)c1N(C)c1nc(-c2ccc(F)cc2)c(C#N)s1)N1CCN(CC(=O)N2CCOCC2)CC1. The van der Waals surface area contributed by atoms with E-state index in [1.54, 1.807) is 12.1 Å². The summed E-state index contributed by atoms with van der Waals surface area (Å²) in [4.78, 5) is 35.3. The molecule has 2 aliphatic rings. The predicted octanol–water partition coefficient (Wildman–Crippen LogP) is 3.59. The molecule has 2 fully saturated rings. The number of carbonyl (C=O) groups excluding carboxylic acids is 1. The molecule has 2 saturated heterocycles. The van der Waals surface area contributed by atoms with E-state index in [1.807, 2.05) is 41.5 Å². The van der Waals surface area contributed by atoms with Crippen LogP contribution in [0.15, 0.2) is 35.1 Å². The fourth-order valence-electron chi connectivity index (χ4n) is 5.34. The van der Waals surface area contributed by atoms with Gasteiger partial charge in [-0.3, -0.25) is 14.3 Å². The molecule has 0 bridgehead atoms. The second-order valence-electron chi connectivity index (χ2n) is 10.4. The molecule has 13 heteroatoms. The van der Waals surface area contributed by atoms with Crippen LogP contribution in [-0.4, -0.2) is 108 Å². The molecule has 43 heavy (non-hydrogen) atoms. The Labute approximate surface area is 255 Å². The van der Waals surface area contributed by atoms with E-state index in [1.165, 1.54) is 23.5 Å². The molecular weight excluding hydrogens is 569 g/mol. The molecule has 0 spiro atoms. The number of nitrogens with zero attached hydrogens (tertiary/aromatic N) is 9. The summed E-state index contributed by atoms with van der Waals surface area (Å²) in [6.45, 7) is 13.6. The van der Waals surface area contributed by atoms with E-state index in [0.29, 0.717) is 79.4 Å². The minimum atomic E-state index is -0.344. The lowest BCUT2D eigenvalue weighted by molar-refractivity contribution is -0.136. The van der Waals surface area contributed by atoms with Gasteiger partial charge < -0.3 is 19.4 Å². The number of anilines is 2. The summed E-state index contributed by atoms with van der Waals surface area (Å²) in [5.74, 6) is 2.11. The minimum Gasteiger partial charge on any atom is -0.378 e. The molecule has 0 aliphatic carbocycles. The van der Waals surface area contributed by atoms with Gasteiger partial charge in [0.25, 0.3) is 0 Å². The standard InChI is InChI=1S/C30H36FN9O2S/c1-5-24-29(36(4)30-35-28(25(18-32)43-30)22-6-8-23(31)9-7-22)40(21(2)34-24)19-26(33-3)38-12-10-37(11-13-38)20-27(41)39-14-16-42-17-15-39/h6-9,19H,3,5,10-17,20H2,1-2,4H3/b26-19+. The molecule has 0 N–H and O–H groups in total. The Kier molecular flexibility index (Phi) is 9.49. The van der Waals surface area contributed by atoms with Crippen molar-refractivity contribution in [3.05, 3.63) is 52.3 Å². The topological polar surface area (TPSA) is 106 Å². The van der Waals surface area contributed by atoms with Gasteiger partial charge in [0.05, 0.1) is 31.7 Å². The van der Waals surface area contributed by atoms with Gasteiger partial charge in [0.1, 0.15) is 39.9 Å². The number of hydrogen-bond donors (Lipinski definition) is 0. The maximum Gasteiger partial charge on any atom is 0.236 e. The first-order chi connectivity index (χ1) is 20.8. The van der Waals surface area contributed by atoms with Gasteiger partial charge in [0, 0.05) is 51.9 Å². The molecule has 226 valence electrons. The van der Waals surface area contributed by atoms with Crippen molar-refractivity contribution in [2.24, 2.45) is 4.99 Å². The Morgan fingerprint density at radius 2 is 1.86 bits per heavy atom. The Balaban J connectivity index is 1.36. The number of piperazine rings is 1. The van der Waals surface area contributed by atoms with Crippen LogP contribution in [0.25, 0.3) is 17.5 Å². The van der Waals surface area contributed by atoms with Gasteiger partial charge in [-0.05, 0) is 44.3 Å². The van der Waals surface area contributed by atoms with E-state index in [4.69, 9.17) is 14.7 Å². The van der Waals surface area contributed by atoms with Gasteiger partial charge in [0.15, 0.2) is 5.13 Å². The van der Waals surface area contributed by atoms with Crippen LogP contribution in [-0.2, 0) is 16.0 Å². The van der Waals surface area contributed by atoms with Crippen molar-refractivity contribution in [1.29, 1.82) is 5.26 Å². The third-order valence-electron chi connectivity index (χ3n) is 7.73. The molecule has 0 radical (unpaired) electrons. The molecule has 0 saturated carbocycles. The molecule has 1 aromatic carbocycles. The highest BCUT2D eigenvalue weighted by Crippen LogP contribution is 2.37. The third-order valence-corrected chi connectivity index (χ3v) is 8.77. The number of aromatic nitrogens is 3. The van der Waals surface area contributed by atoms with Gasteiger partial charge >= 0.3 is 0 Å². The van der Waals surface area contributed by atoms with Crippen molar-refractivity contribution < 1.29 is 13.9 Å². The summed E-state index contributed by atoms with van der Waals surface area (Å²) < 4.78 is 20.9. The summed E-state index contributed by atoms with van der Waals surface area (Å²) >= 11 is 1.28. The van der Waals surface area contributed by atoms with E-state index >= 15 is 0 Å². The van der Waals surface area contributed by atoms with Crippen molar-refractivity contribution in [3.8, 4) is 17.3 Å². The van der Waals surface area contributed by atoms with Crippen LogP contribution in [0.1, 0.15) is 23.3 Å². The largest absolute Gasteiger partial charge is 0.378 e. The number of benzene rings is 1. The fraction of sp³-hybridized carbons (Fsp3) is 0.433. The first kappa shape index (κ1) is 30.3. The van der Waals surface area contributed by atoms with Crippen molar-refractivity contribution in [2.45, 2.75) is 20.3 Å². The van der Waals surface area contributed by atoms with E-state index in [-0.39, 0.29) is 11.7 Å². The second-order valence-corrected chi connectivity index (χ2v) is 11.4. The summed E-state index contributed by atoms with van der Waals surface area (Å²) in [6.07, 6.45) is 2.63. The van der Waals surface area contributed by atoms with Crippen molar-refractivity contribution >= 4 is 41.1 Å². The molecule has 2 aliphatic heterocycles. The number of aryl methyl sites for hydroxylation is 2. The summed E-state index contributed by atoms with van der Waals surface area (Å²) in [7, 11) is 1.90. The molecular formula is C30H36FN9O2S. The monoisotopic (exact) mass is 605 g/mol. The molecule has 0 atom stereocenters. The van der Waals surface area contributed by atoms with E-state index in [9.17, 15) is 14.4 Å². The Morgan fingerprint density at radius 1 is 1.16 bits per heavy atom. The lowest BCUT2D eigenvalue weighted by atomic mass is 10.1. The zero-order valence-corrected chi connectivity index (χ0v) is 25.6. The first-order valence-corrected chi connectivity index (χ1v) is 15.1. The average molecular weight is 606 g/mol. The number of nitriles is 1. The molecule has 2 aromatic heterocycles. The number of carbonyl (C=O) groups is 1. The molecule has 1 amide bonds. The van der Waals surface area contributed by atoms with E-state index < -0.39 is 0 Å². The zero-order chi connectivity index (χ0) is 30.5. The van der Waals surface area contributed by atoms with E-state index in [2.05, 4.69) is 27.6 Å². The molecule has 5 rings (SSSR count). The van der Waals surface area contributed by atoms with Crippen molar-refractivity contribution in [2.75, 3.05) is 71.0 Å². The number of halogens is 1. The minimum absolute atomic E-state index is 0.146. The fourth-order valence-corrected chi connectivity index (χ4v) is 6.19. The van der Waals surface area contributed by atoms with Crippen LogP contribution >= 0.6 is 11.3 Å². The summed E-state index contributed by atoms with van der Waals surface area (Å²) in [6, 6.07) is 8.23. The third kappa shape index (κ3) is 6.61. The highest BCUT2D eigenvalue weighted by atomic mass is 32.1. The Bertz CT molecular complexity index is 1530. The van der Waals surface area contributed by atoms with Gasteiger partial charge in [-0.1, -0.05) is 18.3 Å². The maximum absolute atomic E-state index is 13.5. The highest BCUT2D eigenvalue weighted by Gasteiger charge is 2.26. The zero-order valence-electron chi connectivity index (χ0n) is 24.8. The smallest absolute Gasteiger partial charge is 0.236 e. The van der Waals surface area contributed by atoms with Gasteiger partial charge in [-0.25, -0.2) is 19.4 Å². The number of thiazole rings is 1. The van der Waals surface area contributed by atoms with Crippen LogP contribution < -0.4 is 4.90 Å². The normalized spacial score (nSPS) is 16.3. The first-order valence-electron chi connectivity index (χ1n) is 14.3. The van der Waals surface area contributed by atoms with Gasteiger partial charge in [0.2, 0.25) is 5.91 Å². The quantitative estimate of drug-likeness (QED) is 0.341. The highest BCUT2D eigenvalue weighted by molar-refractivity contribution is 7.16. The molecule has 11 nitrogen and oxygen atoms in total. The number of morpholine rings is 1. The lowest BCUT2D eigenvalue weighted by Gasteiger charge is -2.37. The number of aliphatic imine (C=N–C) groups is 1. The number of rotatable bonds is 9. The van der Waals surface area contributed by atoms with Crippen molar-refractivity contribution in [3.63, 3.8) is 0 Å². The van der Waals surface area contributed by atoms with Crippen LogP contribution in [0.5, 0.6) is 0 Å². The predicted molar refractivity (Wildman–Crippen MR) is 166 cm³/mol. The Morgan fingerprint density at radius 3 is 2.49 bits per heavy atom. The molecule has 3 aromatic rings. The number of amides is 1. The van der Waals surface area contributed by atoms with Crippen LogP contribution in [0.3, 0.4) is 0 Å². The molecule has 4 heterocycles. The number of ether oxygens (including phenoxy) is 1. The van der Waals surface area contributed by atoms with Crippen LogP contribution in [0.4, 0.5) is 15.3 Å². The lowest BCUT2D eigenvalue weighted by Crippen LogP contribution is -2.51. The van der Waals surface area contributed by atoms with E-state index in [0.717, 1.165) is 30.4 Å². The summed E-state index contributed by atoms with van der Waals surface area (Å²) in [5, 5.41) is 10.5. The van der Waals surface area contributed by atoms with Crippen LogP contribution in [0.2, 0.25) is 0 Å². The number of hydrogen-bond acceptors (Lipinski definition) is 10. The maximum atomic E-state index is 13.5. The van der Waals surface area contributed by atoms with Gasteiger partial charge in [-0.15, -0.1) is 0 Å². The number of imidazole rings is 1. The summed E-state index contributed by atoms with van der Waals surface area (Å²) in [5.41, 5.74) is 2.07. The van der Waals surface area contributed by atoms with Crippen LogP contribution in [0, 0.1) is 24.1 Å². The van der Waals surface area contributed by atoms with Crippen molar-refractivity contribution in [1.82, 2.24) is 29.2 Å².